The van der Waals surface area contributed by atoms with E-state index in [1.165, 1.54) is 0 Å². The average molecular weight is 228 g/mol. The summed E-state index contributed by atoms with van der Waals surface area (Å²) in [6.45, 7) is 4.55. The second-order valence-corrected chi connectivity index (χ2v) is 3.98. The quantitative estimate of drug-likeness (QED) is 0.548. The highest BCUT2D eigenvalue weighted by molar-refractivity contribution is 5.69. The van der Waals surface area contributed by atoms with Crippen molar-refractivity contribution < 1.29 is 27.4 Å². The molecule has 0 fully saturated rings. The normalized spacial score (nSPS) is 12.7. The van der Waals surface area contributed by atoms with Crippen LogP contribution in [0, 0.1) is 0 Å². The Morgan fingerprint density at radius 2 is 1.73 bits per heavy atom. The summed E-state index contributed by atoms with van der Waals surface area (Å²) in [7, 11) is 0. The van der Waals surface area contributed by atoms with Crippen LogP contribution in [0.4, 0.5) is 13.2 Å². The molecule has 0 rings (SSSR count). The van der Waals surface area contributed by atoms with Crippen LogP contribution in [0.3, 0.4) is 0 Å². The highest BCUT2D eigenvalue weighted by atomic mass is 19.4. The van der Waals surface area contributed by atoms with E-state index in [9.17, 15) is 18.0 Å². The van der Waals surface area contributed by atoms with Crippen molar-refractivity contribution in [3.8, 4) is 0 Å². The fourth-order valence-electron chi connectivity index (χ4n) is 0.797. The molecule has 0 atom stereocenters. The second-order valence-electron chi connectivity index (χ2n) is 3.98. The number of esters is 1. The predicted octanol–water partition coefficient (Wildman–Crippen LogP) is 2.64. The number of carbonyl (C=O) groups is 1. The van der Waals surface area contributed by atoms with Crippen LogP contribution in [0.1, 0.15) is 33.6 Å². The van der Waals surface area contributed by atoms with Gasteiger partial charge in [-0.1, -0.05) is 0 Å². The van der Waals surface area contributed by atoms with Gasteiger partial charge in [-0.15, -0.1) is 13.2 Å². The molecule has 0 aliphatic carbocycles. The van der Waals surface area contributed by atoms with Crippen molar-refractivity contribution in [3.05, 3.63) is 0 Å². The first-order chi connectivity index (χ1) is 6.60. The van der Waals surface area contributed by atoms with Crippen LogP contribution >= 0.6 is 0 Å². The molecule has 3 nitrogen and oxygen atoms in total. The third kappa shape index (κ3) is 11.1. The molecule has 0 unspecified atom stereocenters. The van der Waals surface area contributed by atoms with Crippen molar-refractivity contribution in [2.75, 3.05) is 6.61 Å². The summed E-state index contributed by atoms with van der Waals surface area (Å²) >= 11 is 0. The van der Waals surface area contributed by atoms with Crippen molar-refractivity contribution in [2.45, 2.75) is 45.6 Å². The van der Waals surface area contributed by atoms with Gasteiger partial charge in [-0.25, -0.2) is 0 Å². The molecular formula is C9H15F3O3. The van der Waals surface area contributed by atoms with Crippen LogP contribution < -0.4 is 0 Å². The van der Waals surface area contributed by atoms with Gasteiger partial charge >= 0.3 is 12.3 Å². The van der Waals surface area contributed by atoms with Crippen LogP contribution in [-0.4, -0.2) is 24.5 Å². The van der Waals surface area contributed by atoms with Gasteiger partial charge in [0.2, 0.25) is 0 Å². The number of hydrogen-bond donors (Lipinski definition) is 0. The summed E-state index contributed by atoms with van der Waals surface area (Å²) < 4.78 is 42.9. The summed E-state index contributed by atoms with van der Waals surface area (Å²) in [4.78, 5) is 11.0. The highest BCUT2D eigenvalue weighted by Gasteiger charge is 2.28. The lowest BCUT2D eigenvalue weighted by Crippen LogP contribution is -2.24. The molecule has 0 saturated carbocycles. The molecule has 0 N–H and O–H groups in total. The molecule has 90 valence electrons. The molecule has 0 heterocycles. The van der Waals surface area contributed by atoms with E-state index in [1.807, 2.05) is 0 Å². The largest absolute Gasteiger partial charge is 0.522 e. The second kappa shape index (κ2) is 5.34. The maximum absolute atomic E-state index is 11.5. The summed E-state index contributed by atoms with van der Waals surface area (Å²) in [6, 6.07) is 0. The van der Waals surface area contributed by atoms with E-state index < -0.39 is 24.5 Å². The Morgan fingerprint density at radius 3 is 2.13 bits per heavy atom. The zero-order chi connectivity index (χ0) is 12.1. The molecule has 15 heavy (non-hydrogen) atoms. The molecule has 0 bridgehead atoms. The first-order valence-electron chi connectivity index (χ1n) is 4.53. The monoisotopic (exact) mass is 228 g/mol. The molecule has 0 aromatic heterocycles. The van der Waals surface area contributed by atoms with E-state index in [0.717, 1.165) is 0 Å². The van der Waals surface area contributed by atoms with E-state index >= 15 is 0 Å². The smallest absolute Gasteiger partial charge is 0.460 e. The van der Waals surface area contributed by atoms with E-state index in [0.29, 0.717) is 0 Å². The Kier molecular flexibility index (Phi) is 5.07. The molecule has 6 heteroatoms. The minimum absolute atomic E-state index is 0.00553. The fraction of sp³-hybridized carbons (Fsp3) is 0.889. The van der Waals surface area contributed by atoms with Gasteiger partial charge in [0, 0.05) is 6.42 Å². The number of hydrogen-bond acceptors (Lipinski definition) is 3. The molecular weight excluding hydrogens is 213 g/mol. The van der Waals surface area contributed by atoms with Crippen LogP contribution in [0.25, 0.3) is 0 Å². The number of rotatable bonds is 4. The average Bonchev–Trinajstić information content (AvgIpc) is 1.92. The van der Waals surface area contributed by atoms with Gasteiger partial charge in [-0.2, -0.15) is 0 Å². The first kappa shape index (κ1) is 14.2. The number of ether oxygens (including phenoxy) is 2. The lowest BCUT2D eigenvalue weighted by Gasteiger charge is -2.19. The summed E-state index contributed by atoms with van der Waals surface area (Å²) in [5.74, 6) is -0.520. The third-order valence-electron chi connectivity index (χ3n) is 1.21. The summed E-state index contributed by atoms with van der Waals surface area (Å²) in [5, 5.41) is 0. The Hall–Kier alpha value is -0.780. The Bertz CT molecular complexity index is 206. The van der Waals surface area contributed by atoms with Crippen LogP contribution in [0.2, 0.25) is 0 Å². The molecule has 0 aromatic rings. The van der Waals surface area contributed by atoms with E-state index in [1.54, 1.807) is 20.8 Å². The molecule has 0 saturated heterocycles. The standard InChI is InChI=1S/C9H15F3O3/c1-8(2,3)15-7(13)5-4-6-14-9(10,11)12/h4-6H2,1-3H3. The van der Waals surface area contributed by atoms with Crippen molar-refractivity contribution in [3.63, 3.8) is 0 Å². The number of halogens is 3. The van der Waals surface area contributed by atoms with Gasteiger partial charge in [-0.3, -0.25) is 9.53 Å². The van der Waals surface area contributed by atoms with Gasteiger partial charge in [0.15, 0.2) is 0 Å². The fourth-order valence-corrected chi connectivity index (χ4v) is 0.797. The predicted molar refractivity (Wildman–Crippen MR) is 47.1 cm³/mol. The summed E-state index contributed by atoms with van der Waals surface area (Å²) in [6.07, 6.45) is -4.71. The maximum Gasteiger partial charge on any atom is 0.522 e. The van der Waals surface area contributed by atoms with Gasteiger partial charge in [-0.05, 0) is 27.2 Å². The van der Waals surface area contributed by atoms with Crippen LogP contribution in [0.5, 0.6) is 0 Å². The molecule has 0 radical (unpaired) electrons. The Labute approximate surface area is 86.5 Å². The number of alkyl halides is 3. The van der Waals surface area contributed by atoms with Gasteiger partial charge in [0.25, 0.3) is 0 Å². The summed E-state index contributed by atoms with van der Waals surface area (Å²) in [5.41, 5.74) is -0.609. The lowest BCUT2D eigenvalue weighted by atomic mass is 10.2. The van der Waals surface area contributed by atoms with Gasteiger partial charge in [0.05, 0.1) is 6.61 Å². The minimum Gasteiger partial charge on any atom is -0.460 e. The van der Waals surface area contributed by atoms with Crippen LogP contribution in [0.15, 0.2) is 0 Å². The van der Waals surface area contributed by atoms with Crippen molar-refractivity contribution in [1.82, 2.24) is 0 Å². The van der Waals surface area contributed by atoms with Gasteiger partial charge < -0.3 is 4.74 Å². The third-order valence-corrected chi connectivity index (χ3v) is 1.21. The van der Waals surface area contributed by atoms with E-state index in [-0.39, 0.29) is 12.8 Å². The van der Waals surface area contributed by atoms with Gasteiger partial charge in [0.1, 0.15) is 5.60 Å². The zero-order valence-corrected chi connectivity index (χ0v) is 8.98. The van der Waals surface area contributed by atoms with E-state index in [4.69, 9.17) is 4.74 Å². The molecule has 0 aliphatic rings. The highest BCUT2D eigenvalue weighted by Crippen LogP contribution is 2.16. The topological polar surface area (TPSA) is 35.5 Å². The molecule has 0 aliphatic heterocycles. The van der Waals surface area contributed by atoms with E-state index in [2.05, 4.69) is 4.74 Å². The van der Waals surface area contributed by atoms with Crippen molar-refractivity contribution >= 4 is 5.97 Å². The van der Waals surface area contributed by atoms with Crippen LogP contribution in [-0.2, 0) is 14.3 Å². The Balaban J connectivity index is 3.57. The number of carbonyl (C=O) groups excluding carboxylic acids is 1. The first-order valence-corrected chi connectivity index (χ1v) is 4.53. The zero-order valence-electron chi connectivity index (χ0n) is 8.98. The molecule has 0 spiro atoms. The minimum atomic E-state index is -4.63. The molecule has 0 amide bonds. The van der Waals surface area contributed by atoms with Crippen molar-refractivity contribution in [2.24, 2.45) is 0 Å². The Morgan fingerprint density at radius 1 is 1.20 bits per heavy atom. The maximum atomic E-state index is 11.5. The lowest BCUT2D eigenvalue weighted by molar-refractivity contribution is -0.324. The van der Waals surface area contributed by atoms with Crippen molar-refractivity contribution in [1.29, 1.82) is 0 Å². The molecule has 0 aromatic carbocycles. The SMILES string of the molecule is CC(C)(C)OC(=O)CCCOC(F)(F)F.